The average molecular weight is 472 g/mol. The van der Waals surface area contributed by atoms with Crippen molar-refractivity contribution < 1.29 is 18.7 Å². The lowest BCUT2D eigenvalue weighted by atomic mass is 9.86. The summed E-state index contributed by atoms with van der Waals surface area (Å²) in [4.78, 5) is 30.4. The van der Waals surface area contributed by atoms with Gasteiger partial charge in [0.15, 0.2) is 11.4 Å². The number of pyridine rings is 1. The van der Waals surface area contributed by atoms with Crippen LogP contribution in [0.25, 0.3) is 10.9 Å². The molecule has 7 nitrogen and oxygen atoms in total. The van der Waals surface area contributed by atoms with Gasteiger partial charge in [-0.2, -0.15) is 0 Å². The minimum absolute atomic E-state index is 0.122. The Bertz CT molecular complexity index is 1030. The summed E-state index contributed by atoms with van der Waals surface area (Å²) in [5.41, 5.74) is -0.581. The van der Waals surface area contributed by atoms with Crippen LogP contribution in [-0.4, -0.2) is 46.1 Å². The summed E-state index contributed by atoms with van der Waals surface area (Å²) in [6, 6.07) is 1.58. The van der Waals surface area contributed by atoms with E-state index in [1.807, 2.05) is 0 Å². The average Bonchev–Trinajstić information content (AvgIpc) is 2.55. The van der Waals surface area contributed by atoms with E-state index in [1.54, 1.807) is 26.8 Å². The molecule has 2 amide bonds. The van der Waals surface area contributed by atoms with E-state index in [2.05, 4.69) is 31.5 Å². The van der Waals surface area contributed by atoms with Crippen LogP contribution in [0.15, 0.2) is 16.7 Å². The van der Waals surface area contributed by atoms with Crippen LogP contribution in [0.5, 0.6) is 0 Å². The first kappa shape index (κ1) is 19.2. The van der Waals surface area contributed by atoms with Gasteiger partial charge >= 0.3 is 6.09 Å². The fourth-order valence-corrected chi connectivity index (χ4v) is 3.79. The van der Waals surface area contributed by atoms with Crippen LogP contribution in [0, 0.1) is 5.82 Å². The van der Waals surface area contributed by atoms with Crippen molar-refractivity contribution in [1.29, 1.82) is 0 Å². The Morgan fingerprint density at radius 1 is 1.43 bits per heavy atom. The normalized spacial score (nSPS) is 17.6. The van der Waals surface area contributed by atoms with Crippen LogP contribution in [0.3, 0.4) is 0 Å². The molecule has 0 atom stereocenters. The Balaban J connectivity index is 1.67. The Morgan fingerprint density at radius 3 is 2.75 bits per heavy atom. The molecule has 148 valence electrons. The molecule has 2 N–H and O–H groups in total. The molecule has 1 aromatic heterocycles. The van der Waals surface area contributed by atoms with Gasteiger partial charge in [-0.05, 0) is 42.8 Å². The van der Waals surface area contributed by atoms with Gasteiger partial charge in [-0.3, -0.25) is 9.78 Å². The maximum Gasteiger partial charge on any atom is 0.410 e. The van der Waals surface area contributed by atoms with Crippen LogP contribution < -0.4 is 10.6 Å². The highest BCUT2D eigenvalue weighted by atomic mass is 79.9. The van der Waals surface area contributed by atoms with Gasteiger partial charge < -0.3 is 20.3 Å². The number of carbonyl (C=O) groups excluding carboxylic acids is 2. The van der Waals surface area contributed by atoms with Crippen molar-refractivity contribution in [3.8, 4) is 0 Å². The van der Waals surface area contributed by atoms with Gasteiger partial charge in [0.05, 0.1) is 40.2 Å². The monoisotopic (exact) mass is 470 g/mol. The highest BCUT2D eigenvalue weighted by Gasteiger charge is 2.54. The van der Waals surface area contributed by atoms with Gasteiger partial charge in [-0.1, -0.05) is 11.6 Å². The third-order valence-electron chi connectivity index (χ3n) is 4.62. The third-order valence-corrected chi connectivity index (χ3v) is 5.92. The number of halogens is 3. The van der Waals surface area contributed by atoms with E-state index >= 15 is 0 Å². The van der Waals surface area contributed by atoms with Crippen LogP contribution in [-0.2, 0) is 9.53 Å². The van der Waals surface area contributed by atoms with Gasteiger partial charge in [0.2, 0.25) is 0 Å². The molecule has 1 aromatic carbocycles. The first-order valence-corrected chi connectivity index (χ1v) is 9.72. The molecule has 2 aliphatic heterocycles. The molecule has 4 rings (SSSR count). The maximum atomic E-state index is 14.5. The van der Waals surface area contributed by atoms with Crippen molar-refractivity contribution in [2.45, 2.75) is 31.9 Å². The SMILES string of the molecule is CC(C)(C)OC(=O)N1CC2(C1)Nc1c(cnc3c(F)c(Br)c(Cl)cc13)NC2=O. The Kier molecular flexibility index (Phi) is 4.24. The predicted molar refractivity (Wildman–Crippen MR) is 107 cm³/mol. The highest BCUT2D eigenvalue weighted by molar-refractivity contribution is 9.10. The predicted octanol–water partition coefficient (Wildman–Crippen LogP) is 4.14. The Morgan fingerprint density at radius 2 is 2.11 bits per heavy atom. The minimum Gasteiger partial charge on any atom is -0.444 e. The largest absolute Gasteiger partial charge is 0.444 e. The standard InChI is InChI=1S/C18H17BrClFN4O3/c1-17(2,3)28-16(27)25-6-18(7-25)15(26)23-10-5-22-14-8(13(10)24-18)4-9(20)11(19)12(14)21/h4-5,24H,6-7H2,1-3H3,(H,23,26). The van der Waals surface area contributed by atoms with Gasteiger partial charge in [-0.15, -0.1) is 0 Å². The topological polar surface area (TPSA) is 83.6 Å². The molecule has 0 radical (unpaired) electrons. The molecule has 1 saturated heterocycles. The Labute approximate surface area is 173 Å². The molecule has 0 aliphatic carbocycles. The number of rotatable bonds is 0. The molecule has 0 saturated carbocycles. The third kappa shape index (κ3) is 2.97. The van der Waals surface area contributed by atoms with Crippen molar-refractivity contribution in [3.05, 3.63) is 27.6 Å². The lowest BCUT2D eigenvalue weighted by Crippen LogP contribution is -2.73. The van der Waals surface area contributed by atoms with E-state index in [1.165, 1.54) is 11.1 Å². The lowest BCUT2D eigenvalue weighted by molar-refractivity contribution is -0.125. The minimum atomic E-state index is -1.02. The number of hydrogen-bond acceptors (Lipinski definition) is 5. The summed E-state index contributed by atoms with van der Waals surface area (Å²) in [6.07, 6.45) is 0.902. The number of hydrogen-bond donors (Lipinski definition) is 2. The molecule has 2 aromatic rings. The van der Waals surface area contributed by atoms with Crippen molar-refractivity contribution in [3.63, 3.8) is 0 Å². The van der Waals surface area contributed by atoms with E-state index < -0.39 is 23.1 Å². The zero-order chi connectivity index (χ0) is 20.4. The van der Waals surface area contributed by atoms with Crippen molar-refractivity contribution in [2.24, 2.45) is 0 Å². The molecule has 28 heavy (non-hydrogen) atoms. The fraction of sp³-hybridized carbons (Fsp3) is 0.389. The van der Waals surface area contributed by atoms with E-state index in [9.17, 15) is 14.0 Å². The smallest absolute Gasteiger partial charge is 0.410 e. The summed E-state index contributed by atoms with van der Waals surface area (Å²) in [7, 11) is 0. The van der Waals surface area contributed by atoms with Gasteiger partial charge in [-0.25, -0.2) is 9.18 Å². The van der Waals surface area contributed by atoms with E-state index in [0.29, 0.717) is 16.8 Å². The van der Waals surface area contributed by atoms with Gasteiger partial charge in [0, 0.05) is 5.39 Å². The summed E-state index contributed by atoms with van der Waals surface area (Å²) >= 11 is 9.22. The number of anilines is 2. The quantitative estimate of drug-likeness (QED) is 0.564. The number of nitrogens with zero attached hydrogens (tertiary/aromatic N) is 2. The number of aromatic nitrogens is 1. The molecule has 0 unspecified atom stereocenters. The summed E-state index contributed by atoms with van der Waals surface area (Å²) < 4.78 is 20.0. The summed E-state index contributed by atoms with van der Waals surface area (Å²) in [6.45, 7) is 5.58. The van der Waals surface area contributed by atoms with Gasteiger partial charge in [0.1, 0.15) is 11.1 Å². The fourth-order valence-electron chi connectivity index (χ4n) is 3.29. The molecule has 2 aliphatic rings. The second-order valence-electron chi connectivity index (χ2n) is 7.93. The van der Waals surface area contributed by atoms with Crippen LogP contribution in [0.4, 0.5) is 20.6 Å². The molecule has 1 spiro atoms. The second-order valence-corrected chi connectivity index (χ2v) is 9.13. The zero-order valence-corrected chi connectivity index (χ0v) is 17.7. The number of ether oxygens (including phenoxy) is 1. The highest BCUT2D eigenvalue weighted by Crippen LogP contribution is 2.42. The number of likely N-dealkylation sites (tertiary alicyclic amines) is 1. The first-order chi connectivity index (χ1) is 13.0. The molecule has 10 heteroatoms. The van der Waals surface area contributed by atoms with Crippen molar-refractivity contribution in [1.82, 2.24) is 9.88 Å². The van der Waals surface area contributed by atoms with Crippen molar-refractivity contribution in [2.75, 3.05) is 23.7 Å². The summed E-state index contributed by atoms with van der Waals surface area (Å²) in [5.74, 6) is -0.869. The molecule has 1 fully saturated rings. The molecule has 3 heterocycles. The number of carbonyl (C=O) groups is 2. The molecule has 0 bridgehead atoms. The number of benzene rings is 1. The lowest BCUT2D eigenvalue weighted by Gasteiger charge is -2.51. The Hall–Kier alpha value is -2.13. The van der Waals surface area contributed by atoms with E-state index in [4.69, 9.17) is 16.3 Å². The van der Waals surface area contributed by atoms with Gasteiger partial charge in [0.25, 0.3) is 5.91 Å². The van der Waals surface area contributed by atoms with Crippen LogP contribution >= 0.6 is 27.5 Å². The van der Waals surface area contributed by atoms with Crippen LogP contribution in [0.1, 0.15) is 20.8 Å². The first-order valence-electron chi connectivity index (χ1n) is 8.54. The number of amides is 2. The van der Waals surface area contributed by atoms with E-state index in [-0.39, 0.29) is 34.0 Å². The van der Waals surface area contributed by atoms with E-state index in [0.717, 1.165) is 0 Å². The zero-order valence-electron chi connectivity index (χ0n) is 15.3. The molecular formula is C18H17BrClFN4O3. The number of nitrogens with one attached hydrogen (secondary N) is 2. The maximum absolute atomic E-state index is 14.5. The summed E-state index contributed by atoms with van der Waals surface area (Å²) in [5, 5.41) is 6.60. The van der Waals surface area contributed by atoms with Crippen LogP contribution in [0.2, 0.25) is 5.02 Å². The number of fused-ring (bicyclic) bond motifs is 3. The molecular weight excluding hydrogens is 455 g/mol. The second kappa shape index (κ2) is 6.18. The van der Waals surface area contributed by atoms with Crippen molar-refractivity contribution >= 4 is 61.8 Å².